The number of rotatable bonds is 3. The van der Waals surface area contributed by atoms with E-state index in [2.05, 4.69) is 29.3 Å². The van der Waals surface area contributed by atoms with E-state index in [4.69, 9.17) is 11.6 Å². The standard InChI is InChI=1S/C24H22ClNO/c1-15(2)17-12-21(16(3)24(27)14-17)23-13-18-11-19(25)9-10-22(18)26(23)20-7-5-4-6-8-20/h4-11,13,17H,1,12,14H2,2-3H3. The van der Waals surface area contributed by atoms with E-state index >= 15 is 0 Å². The van der Waals surface area contributed by atoms with Crippen molar-refractivity contribution in [1.82, 2.24) is 4.57 Å². The normalized spacial score (nSPS) is 17.6. The molecule has 2 aromatic carbocycles. The Hall–Kier alpha value is -2.58. The monoisotopic (exact) mass is 375 g/mol. The highest BCUT2D eigenvalue weighted by Gasteiger charge is 2.28. The first kappa shape index (κ1) is 17.8. The Balaban J connectivity index is 2.00. The van der Waals surface area contributed by atoms with Gasteiger partial charge in [-0.05, 0) is 73.7 Å². The van der Waals surface area contributed by atoms with E-state index in [0.717, 1.165) is 45.4 Å². The minimum Gasteiger partial charge on any atom is -0.310 e. The highest BCUT2D eigenvalue weighted by Crippen LogP contribution is 2.40. The fourth-order valence-electron chi connectivity index (χ4n) is 3.93. The van der Waals surface area contributed by atoms with Crippen molar-refractivity contribution in [1.29, 1.82) is 0 Å². The van der Waals surface area contributed by atoms with Crippen molar-refractivity contribution in [2.45, 2.75) is 26.7 Å². The quantitative estimate of drug-likeness (QED) is 0.472. The van der Waals surface area contributed by atoms with Crippen LogP contribution in [-0.2, 0) is 4.79 Å². The molecule has 1 heterocycles. The molecule has 3 aromatic rings. The summed E-state index contributed by atoms with van der Waals surface area (Å²) in [7, 11) is 0. The molecule has 0 aliphatic heterocycles. The number of para-hydroxylation sites is 1. The van der Waals surface area contributed by atoms with Crippen molar-refractivity contribution < 1.29 is 4.79 Å². The first-order valence-electron chi connectivity index (χ1n) is 9.21. The molecule has 0 saturated heterocycles. The largest absolute Gasteiger partial charge is 0.310 e. The number of carbonyl (C=O) groups is 1. The van der Waals surface area contributed by atoms with Gasteiger partial charge in [0.25, 0.3) is 0 Å². The van der Waals surface area contributed by atoms with E-state index in [1.165, 1.54) is 0 Å². The maximum atomic E-state index is 12.7. The van der Waals surface area contributed by atoms with E-state index < -0.39 is 0 Å². The number of Topliss-reactive ketones (excluding diaryl/α,β-unsaturated/α-hetero) is 1. The molecule has 0 saturated carbocycles. The Morgan fingerprint density at radius 1 is 1.11 bits per heavy atom. The highest BCUT2D eigenvalue weighted by atomic mass is 35.5. The maximum Gasteiger partial charge on any atom is 0.159 e. The second kappa shape index (κ2) is 6.86. The predicted molar refractivity (Wildman–Crippen MR) is 113 cm³/mol. The fourth-order valence-corrected chi connectivity index (χ4v) is 4.11. The van der Waals surface area contributed by atoms with Crippen LogP contribution in [0.5, 0.6) is 0 Å². The fraction of sp³-hybridized carbons (Fsp3) is 0.208. The smallest absolute Gasteiger partial charge is 0.159 e. The van der Waals surface area contributed by atoms with Gasteiger partial charge in [-0.1, -0.05) is 42.0 Å². The topological polar surface area (TPSA) is 22.0 Å². The summed E-state index contributed by atoms with van der Waals surface area (Å²) in [6, 6.07) is 18.4. The lowest BCUT2D eigenvalue weighted by Gasteiger charge is -2.26. The van der Waals surface area contributed by atoms with E-state index in [0.29, 0.717) is 11.4 Å². The second-order valence-corrected chi connectivity index (χ2v) is 7.82. The zero-order valence-electron chi connectivity index (χ0n) is 15.6. The molecule has 0 amide bonds. The van der Waals surface area contributed by atoms with Gasteiger partial charge in [-0.3, -0.25) is 4.79 Å². The molecule has 27 heavy (non-hydrogen) atoms. The first-order valence-corrected chi connectivity index (χ1v) is 9.58. The summed E-state index contributed by atoms with van der Waals surface area (Å²) in [6.45, 7) is 8.07. The van der Waals surface area contributed by atoms with E-state index in [1.54, 1.807) is 0 Å². The Bertz CT molecular complexity index is 1090. The number of carbonyl (C=O) groups excluding carboxylic acids is 1. The minimum atomic E-state index is 0.196. The van der Waals surface area contributed by atoms with Crippen molar-refractivity contribution in [3.8, 4) is 5.69 Å². The Kier molecular flexibility index (Phi) is 4.53. The van der Waals surface area contributed by atoms with Crippen molar-refractivity contribution in [2.24, 2.45) is 5.92 Å². The number of ketones is 1. The highest BCUT2D eigenvalue weighted by molar-refractivity contribution is 6.31. The molecule has 1 aromatic heterocycles. The number of benzene rings is 2. The van der Waals surface area contributed by atoms with Crippen molar-refractivity contribution in [3.63, 3.8) is 0 Å². The molecule has 1 atom stereocenters. The van der Waals surface area contributed by atoms with Gasteiger partial charge < -0.3 is 4.57 Å². The van der Waals surface area contributed by atoms with Crippen LogP contribution in [0.25, 0.3) is 22.2 Å². The zero-order valence-corrected chi connectivity index (χ0v) is 16.4. The summed E-state index contributed by atoms with van der Waals surface area (Å²) in [5, 5.41) is 1.79. The molecular formula is C24H22ClNO. The second-order valence-electron chi connectivity index (χ2n) is 7.38. The average molecular weight is 376 g/mol. The summed E-state index contributed by atoms with van der Waals surface area (Å²) < 4.78 is 2.23. The zero-order chi connectivity index (χ0) is 19.1. The number of hydrogen-bond acceptors (Lipinski definition) is 1. The molecule has 0 fully saturated rings. The van der Waals surface area contributed by atoms with Gasteiger partial charge in [0.1, 0.15) is 0 Å². The summed E-state index contributed by atoms with van der Waals surface area (Å²) in [5.74, 6) is 0.411. The van der Waals surface area contributed by atoms with Gasteiger partial charge in [0.05, 0.1) is 11.2 Å². The molecule has 1 unspecified atom stereocenters. The Labute approximate surface area is 164 Å². The van der Waals surface area contributed by atoms with Gasteiger partial charge in [-0.2, -0.15) is 0 Å². The van der Waals surface area contributed by atoms with Gasteiger partial charge in [0.2, 0.25) is 0 Å². The number of nitrogens with zero attached hydrogens (tertiary/aromatic N) is 1. The van der Waals surface area contributed by atoms with Crippen LogP contribution in [0.2, 0.25) is 5.02 Å². The molecule has 0 radical (unpaired) electrons. The van der Waals surface area contributed by atoms with E-state index in [9.17, 15) is 4.79 Å². The van der Waals surface area contributed by atoms with Crippen LogP contribution < -0.4 is 0 Å². The summed E-state index contributed by atoms with van der Waals surface area (Å²) in [4.78, 5) is 12.7. The molecule has 1 aliphatic rings. The third-order valence-electron chi connectivity index (χ3n) is 5.54. The molecular weight excluding hydrogens is 354 g/mol. The lowest BCUT2D eigenvalue weighted by Crippen LogP contribution is -2.19. The predicted octanol–water partition coefficient (Wildman–Crippen LogP) is 6.61. The van der Waals surface area contributed by atoms with Gasteiger partial charge in [-0.15, -0.1) is 0 Å². The average Bonchev–Trinajstić information content (AvgIpc) is 3.02. The van der Waals surface area contributed by atoms with Gasteiger partial charge >= 0.3 is 0 Å². The summed E-state index contributed by atoms with van der Waals surface area (Å²) in [5.41, 5.74) is 6.27. The summed E-state index contributed by atoms with van der Waals surface area (Å²) in [6.07, 6.45) is 1.39. The molecule has 0 spiro atoms. The van der Waals surface area contributed by atoms with E-state index in [1.807, 2.05) is 50.2 Å². The minimum absolute atomic E-state index is 0.196. The number of halogens is 1. The van der Waals surface area contributed by atoms with Crippen LogP contribution in [0.4, 0.5) is 0 Å². The molecule has 4 rings (SSSR count). The molecule has 2 nitrogen and oxygen atoms in total. The van der Waals surface area contributed by atoms with Crippen LogP contribution in [0.15, 0.2) is 72.3 Å². The van der Waals surface area contributed by atoms with Crippen LogP contribution >= 0.6 is 11.6 Å². The lowest BCUT2D eigenvalue weighted by molar-refractivity contribution is -0.116. The Morgan fingerprint density at radius 2 is 1.85 bits per heavy atom. The lowest BCUT2D eigenvalue weighted by atomic mass is 9.79. The number of allylic oxidation sites excluding steroid dienone is 3. The third-order valence-corrected chi connectivity index (χ3v) is 5.77. The van der Waals surface area contributed by atoms with Crippen molar-refractivity contribution in [2.75, 3.05) is 0 Å². The number of aromatic nitrogens is 1. The molecule has 0 N–H and O–H groups in total. The van der Waals surface area contributed by atoms with Crippen molar-refractivity contribution in [3.05, 3.63) is 83.0 Å². The summed E-state index contributed by atoms with van der Waals surface area (Å²) >= 11 is 6.24. The van der Waals surface area contributed by atoms with Crippen LogP contribution in [0, 0.1) is 5.92 Å². The molecule has 0 bridgehead atoms. The van der Waals surface area contributed by atoms with Crippen molar-refractivity contribution >= 4 is 33.9 Å². The van der Waals surface area contributed by atoms with Gasteiger partial charge in [0, 0.05) is 22.5 Å². The molecule has 136 valence electrons. The number of fused-ring (bicyclic) bond motifs is 1. The first-order chi connectivity index (χ1) is 13.0. The van der Waals surface area contributed by atoms with Gasteiger partial charge in [0.15, 0.2) is 5.78 Å². The van der Waals surface area contributed by atoms with Crippen LogP contribution in [-0.4, -0.2) is 10.4 Å². The molecule has 1 aliphatic carbocycles. The third kappa shape index (κ3) is 3.15. The molecule has 3 heteroatoms. The SMILES string of the molecule is C=C(C)C1CC(=O)C(C)=C(c2cc3cc(Cl)ccc3n2-c2ccccc2)C1. The Morgan fingerprint density at radius 3 is 2.56 bits per heavy atom. The van der Waals surface area contributed by atoms with E-state index in [-0.39, 0.29) is 11.7 Å². The van der Waals surface area contributed by atoms with Crippen LogP contribution in [0.1, 0.15) is 32.4 Å². The van der Waals surface area contributed by atoms with Gasteiger partial charge in [-0.25, -0.2) is 0 Å². The maximum absolute atomic E-state index is 12.7. The number of hydrogen-bond donors (Lipinski definition) is 0. The van der Waals surface area contributed by atoms with Crippen LogP contribution in [0.3, 0.4) is 0 Å².